The first kappa shape index (κ1) is 32.2. The largest absolute Gasteiger partial charge is 0.310 e. The maximum atomic E-state index is 5.13. The van der Waals surface area contributed by atoms with Gasteiger partial charge in [-0.3, -0.25) is 4.99 Å². The van der Waals surface area contributed by atoms with E-state index in [2.05, 4.69) is 196 Å². The van der Waals surface area contributed by atoms with Crippen LogP contribution < -0.4 is 4.90 Å². The van der Waals surface area contributed by atoms with E-state index in [4.69, 9.17) is 4.99 Å². The normalized spacial score (nSPS) is 13.6. The first-order valence-electron chi connectivity index (χ1n) is 18.9. The number of benzene rings is 8. The van der Waals surface area contributed by atoms with E-state index >= 15 is 0 Å². The van der Waals surface area contributed by atoms with Crippen LogP contribution in [0.15, 0.2) is 181 Å². The molecule has 2 aliphatic carbocycles. The molecule has 0 aliphatic heterocycles. The summed E-state index contributed by atoms with van der Waals surface area (Å²) in [5.41, 5.74) is 19.7. The first-order chi connectivity index (χ1) is 26.5. The van der Waals surface area contributed by atoms with Crippen LogP contribution in [-0.2, 0) is 11.8 Å². The topological polar surface area (TPSA) is 15.6 Å². The smallest absolute Gasteiger partial charge is 0.0633 e. The van der Waals surface area contributed by atoms with Crippen LogP contribution in [0.25, 0.3) is 44.2 Å². The molecule has 0 spiro atoms. The van der Waals surface area contributed by atoms with Gasteiger partial charge in [-0.05, 0) is 123 Å². The molecule has 0 aromatic heterocycles. The number of rotatable bonds is 6. The maximum Gasteiger partial charge on any atom is 0.0633 e. The minimum atomic E-state index is -0.114. The van der Waals surface area contributed by atoms with Gasteiger partial charge in [-0.25, -0.2) is 0 Å². The standard InChI is InChI=1S/C52H40N2/c1-34(53-39-19-8-5-9-20-39)45-31-37-17-10-11-21-42(37)51-46(45)32-38-18-14-24-49(50(38)51)54(40-27-25-36(26-28-40)35-15-6-4-7-16-35)41-29-30-44-43-22-12-13-23-47(43)52(2,3)48(44)33-41/h4-31,33H,32H2,1-3H3. The Balaban J connectivity index is 1.20. The van der Waals surface area contributed by atoms with Crippen molar-refractivity contribution in [3.05, 3.63) is 204 Å². The fourth-order valence-electron chi connectivity index (χ4n) is 9.03. The van der Waals surface area contributed by atoms with Crippen molar-refractivity contribution in [3.8, 4) is 33.4 Å². The molecule has 0 fully saturated rings. The van der Waals surface area contributed by atoms with Crippen LogP contribution in [0.1, 0.15) is 48.6 Å². The van der Waals surface area contributed by atoms with E-state index in [-0.39, 0.29) is 5.41 Å². The third kappa shape index (κ3) is 5.13. The average molecular weight is 693 g/mol. The molecule has 0 radical (unpaired) electrons. The van der Waals surface area contributed by atoms with Gasteiger partial charge in [0.2, 0.25) is 0 Å². The molecule has 0 heterocycles. The second-order valence-electron chi connectivity index (χ2n) is 15.2. The van der Waals surface area contributed by atoms with E-state index < -0.39 is 0 Å². The molecule has 258 valence electrons. The van der Waals surface area contributed by atoms with E-state index in [1.54, 1.807) is 0 Å². The lowest BCUT2D eigenvalue weighted by atomic mass is 9.82. The predicted octanol–water partition coefficient (Wildman–Crippen LogP) is 14.0. The molecule has 0 saturated carbocycles. The number of para-hydroxylation sites is 1. The molecule has 2 heteroatoms. The lowest BCUT2D eigenvalue weighted by molar-refractivity contribution is 0.660. The molecule has 0 N–H and O–H groups in total. The van der Waals surface area contributed by atoms with Gasteiger partial charge in [0.25, 0.3) is 0 Å². The van der Waals surface area contributed by atoms with Gasteiger partial charge in [0.1, 0.15) is 0 Å². The number of hydrogen-bond acceptors (Lipinski definition) is 2. The van der Waals surface area contributed by atoms with Crippen molar-refractivity contribution in [2.75, 3.05) is 4.90 Å². The molecule has 2 nitrogen and oxygen atoms in total. The van der Waals surface area contributed by atoms with Gasteiger partial charge in [-0.15, -0.1) is 0 Å². The molecular weight excluding hydrogens is 653 g/mol. The quantitative estimate of drug-likeness (QED) is 0.158. The molecule has 0 unspecified atom stereocenters. The summed E-state index contributed by atoms with van der Waals surface area (Å²) < 4.78 is 0. The van der Waals surface area contributed by atoms with Crippen molar-refractivity contribution in [2.45, 2.75) is 32.6 Å². The van der Waals surface area contributed by atoms with Gasteiger partial charge >= 0.3 is 0 Å². The Morgan fingerprint density at radius 3 is 2.04 bits per heavy atom. The summed E-state index contributed by atoms with van der Waals surface area (Å²) in [4.78, 5) is 7.63. The molecule has 8 aromatic rings. The van der Waals surface area contributed by atoms with E-state index in [1.807, 2.05) is 6.07 Å². The summed E-state index contributed by atoms with van der Waals surface area (Å²) in [6, 6.07) is 64.2. The van der Waals surface area contributed by atoms with E-state index in [0.29, 0.717) is 0 Å². The number of hydrogen-bond donors (Lipinski definition) is 0. The minimum Gasteiger partial charge on any atom is -0.310 e. The van der Waals surface area contributed by atoms with Gasteiger partial charge in [-0.2, -0.15) is 0 Å². The molecule has 0 amide bonds. The number of nitrogens with zero attached hydrogens (tertiary/aromatic N) is 2. The number of anilines is 3. The van der Waals surface area contributed by atoms with E-state index in [1.165, 1.54) is 77.7 Å². The highest BCUT2D eigenvalue weighted by Crippen LogP contribution is 2.54. The molecule has 54 heavy (non-hydrogen) atoms. The third-order valence-corrected chi connectivity index (χ3v) is 11.6. The zero-order valence-electron chi connectivity index (χ0n) is 30.8. The summed E-state index contributed by atoms with van der Waals surface area (Å²) >= 11 is 0. The second kappa shape index (κ2) is 12.6. The summed E-state index contributed by atoms with van der Waals surface area (Å²) in [5, 5.41) is 2.51. The number of aliphatic imine (C=N–C) groups is 1. The zero-order chi connectivity index (χ0) is 36.4. The lowest BCUT2D eigenvalue weighted by Gasteiger charge is -2.30. The fourth-order valence-corrected chi connectivity index (χ4v) is 9.03. The zero-order valence-corrected chi connectivity index (χ0v) is 30.8. The lowest BCUT2D eigenvalue weighted by Crippen LogP contribution is -2.17. The summed E-state index contributed by atoms with van der Waals surface area (Å²) in [7, 11) is 0. The van der Waals surface area contributed by atoms with Crippen molar-refractivity contribution in [2.24, 2.45) is 4.99 Å². The molecule has 0 atom stereocenters. The predicted molar refractivity (Wildman–Crippen MR) is 228 cm³/mol. The Labute approximate surface area is 317 Å². The van der Waals surface area contributed by atoms with Crippen molar-refractivity contribution in [1.29, 1.82) is 0 Å². The molecule has 10 rings (SSSR count). The Bertz CT molecular complexity index is 2760. The fraction of sp³-hybridized carbons (Fsp3) is 0.0962. The van der Waals surface area contributed by atoms with Crippen LogP contribution in [0, 0.1) is 0 Å². The van der Waals surface area contributed by atoms with Crippen LogP contribution in [0.2, 0.25) is 0 Å². The Morgan fingerprint density at radius 2 is 1.22 bits per heavy atom. The van der Waals surface area contributed by atoms with Gasteiger partial charge in [0.05, 0.1) is 11.4 Å². The van der Waals surface area contributed by atoms with Gasteiger partial charge in [-0.1, -0.05) is 141 Å². The molecule has 2 aliphatic rings. The molecule has 0 bridgehead atoms. The molecule has 8 aromatic carbocycles. The highest BCUT2D eigenvalue weighted by atomic mass is 15.1. The molecular formula is C52H40N2. The van der Waals surface area contributed by atoms with Gasteiger partial charge < -0.3 is 4.90 Å². The Kier molecular flexibility index (Phi) is 7.49. The minimum absolute atomic E-state index is 0.114. The average Bonchev–Trinajstić information content (AvgIpc) is 3.72. The van der Waals surface area contributed by atoms with Crippen LogP contribution >= 0.6 is 0 Å². The Morgan fingerprint density at radius 1 is 0.556 bits per heavy atom. The van der Waals surface area contributed by atoms with Crippen LogP contribution in [0.3, 0.4) is 0 Å². The van der Waals surface area contributed by atoms with E-state index in [9.17, 15) is 0 Å². The SMILES string of the molecule is CC(=Nc1ccccc1)c1cc2ccccc2c2c1Cc1cccc(N(c3ccc(-c4ccccc4)cc3)c3ccc4c(c3)C(C)(C)c3ccccc3-4)c1-2. The van der Waals surface area contributed by atoms with Gasteiger partial charge in [0, 0.05) is 33.6 Å². The summed E-state index contributed by atoms with van der Waals surface area (Å²) in [6.45, 7) is 6.89. The summed E-state index contributed by atoms with van der Waals surface area (Å²) in [6.07, 6.45) is 0.855. The van der Waals surface area contributed by atoms with Crippen molar-refractivity contribution in [3.63, 3.8) is 0 Å². The van der Waals surface area contributed by atoms with Crippen LogP contribution in [-0.4, -0.2) is 5.71 Å². The van der Waals surface area contributed by atoms with Crippen molar-refractivity contribution >= 4 is 39.2 Å². The number of fused-ring (bicyclic) bond motifs is 8. The maximum absolute atomic E-state index is 5.13. The third-order valence-electron chi connectivity index (χ3n) is 11.6. The van der Waals surface area contributed by atoms with Crippen molar-refractivity contribution in [1.82, 2.24) is 0 Å². The van der Waals surface area contributed by atoms with Crippen molar-refractivity contribution < 1.29 is 0 Å². The van der Waals surface area contributed by atoms with Crippen LogP contribution in [0.4, 0.5) is 22.7 Å². The first-order valence-corrected chi connectivity index (χ1v) is 18.9. The Hall–Kier alpha value is -6.51. The van der Waals surface area contributed by atoms with E-state index in [0.717, 1.165) is 29.2 Å². The summed E-state index contributed by atoms with van der Waals surface area (Å²) in [5.74, 6) is 0. The molecule has 0 saturated heterocycles. The monoisotopic (exact) mass is 692 g/mol. The second-order valence-corrected chi connectivity index (χ2v) is 15.2. The van der Waals surface area contributed by atoms with Crippen LogP contribution in [0.5, 0.6) is 0 Å². The highest BCUT2D eigenvalue weighted by Gasteiger charge is 2.36. The van der Waals surface area contributed by atoms with Gasteiger partial charge in [0.15, 0.2) is 0 Å². The highest BCUT2D eigenvalue weighted by molar-refractivity contribution is 6.13.